The highest BCUT2D eigenvalue weighted by Crippen LogP contribution is 2.28. The average Bonchev–Trinajstić information content (AvgIpc) is 2.86. The highest BCUT2D eigenvalue weighted by molar-refractivity contribution is 5.50. The Morgan fingerprint density at radius 2 is 1.70 bits per heavy atom. The van der Waals surface area contributed by atoms with Crippen LogP contribution in [0.3, 0.4) is 0 Å². The van der Waals surface area contributed by atoms with Crippen LogP contribution in [0.25, 0.3) is 0 Å². The van der Waals surface area contributed by atoms with Crippen molar-refractivity contribution in [2.75, 3.05) is 11.4 Å². The van der Waals surface area contributed by atoms with Gasteiger partial charge in [0.05, 0.1) is 0 Å². The monoisotopic (exact) mass is 357 g/mol. The maximum absolute atomic E-state index is 6.04. The molecule has 0 radical (unpaired) electrons. The molecule has 0 aromatic heterocycles. The Morgan fingerprint density at radius 3 is 2.48 bits per heavy atom. The van der Waals surface area contributed by atoms with Crippen molar-refractivity contribution >= 4 is 5.69 Å². The van der Waals surface area contributed by atoms with Gasteiger partial charge in [-0.3, -0.25) is 0 Å². The second-order valence-corrected chi connectivity index (χ2v) is 7.54. The van der Waals surface area contributed by atoms with Gasteiger partial charge in [0.15, 0.2) is 0 Å². The van der Waals surface area contributed by atoms with Crippen molar-refractivity contribution in [3.63, 3.8) is 0 Å². The second-order valence-electron chi connectivity index (χ2n) is 7.54. The maximum atomic E-state index is 6.04. The lowest BCUT2D eigenvalue weighted by atomic mass is 10.0. The molecule has 1 aliphatic heterocycles. The molecule has 3 aromatic carbocycles. The van der Waals surface area contributed by atoms with E-state index in [1.54, 1.807) is 0 Å². The van der Waals surface area contributed by atoms with E-state index in [1.165, 1.54) is 27.9 Å². The van der Waals surface area contributed by atoms with E-state index in [9.17, 15) is 0 Å². The first-order valence-electron chi connectivity index (χ1n) is 9.81. The quantitative estimate of drug-likeness (QED) is 0.605. The van der Waals surface area contributed by atoms with Crippen molar-refractivity contribution in [2.45, 2.75) is 39.3 Å². The minimum absolute atomic E-state index is 0.491. The fraction of sp³-hybridized carbons (Fsp3) is 0.280. The largest absolute Gasteiger partial charge is 0.489 e. The second kappa shape index (κ2) is 7.87. The van der Waals surface area contributed by atoms with Crippen LogP contribution in [-0.2, 0) is 19.4 Å². The van der Waals surface area contributed by atoms with E-state index in [2.05, 4.69) is 85.5 Å². The minimum atomic E-state index is 0.491. The molecule has 2 nitrogen and oxygen atoms in total. The molecular weight excluding hydrogens is 330 g/mol. The van der Waals surface area contributed by atoms with Crippen LogP contribution >= 0.6 is 0 Å². The molecule has 3 aromatic rings. The van der Waals surface area contributed by atoms with Crippen molar-refractivity contribution in [3.8, 4) is 5.75 Å². The van der Waals surface area contributed by atoms with Crippen molar-refractivity contribution in [3.05, 3.63) is 95.1 Å². The van der Waals surface area contributed by atoms with Gasteiger partial charge >= 0.3 is 0 Å². The SMILES string of the molecule is Cc1ccc(N2CCc3cc(OCc4ccccc4)ccc3C[C@H]2C)cc1. The highest BCUT2D eigenvalue weighted by Gasteiger charge is 2.21. The smallest absolute Gasteiger partial charge is 0.120 e. The van der Waals surface area contributed by atoms with E-state index < -0.39 is 0 Å². The molecule has 0 aliphatic carbocycles. The van der Waals surface area contributed by atoms with Crippen LogP contribution in [0.2, 0.25) is 0 Å². The van der Waals surface area contributed by atoms with Gasteiger partial charge in [-0.25, -0.2) is 0 Å². The summed E-state index contributed by atoms with van der Waals surface area (Å²) in [7, 11) is 0. The molecule has 0 amide bonds. The molecule has 2 heteroatoms. The topological polar surface area (TPSA) is 12.5 Å². The summed E-state index contributed by atoms with van der Waals surface area (Å²) in [5.74, 6) is 0.967. The third-order valence-electron chi connectivity index (χ3n) is 5.46. The van der Waals surface area contributed by atoms with Gasteiger partial charge in [-0.1, -0.05) is 54.1 Å². The van der Waals surface area contributed by atoms with Crippen LogP contribution in [0.5, 0.6) is 5.75 Å². The molecule has 0 saturated carbocycles. The van der Waals surface area contributed by atoms with Crippen LogP contribution < -0.4 is 9.64 Å². The Hall–Kier alpha value is -2.74. The first kappa shape index (κ1) is 17.7. The fourth-order valence-electron chi connectivity index (χ4n) is 3.87. The van der Waals surface area contributed by atoms with Crippen LogP contribution in [0.4, 0.5) is 5.69 Å². The van der Waals surface area contributed by atoms with Crippen molar-refractivity contribution in [2.24, 2.45) is 0 Å². The molecule has 0 fully saturated rings. The number of ether oxygens (including phenoxy) is 1. The number of anilines is 1. The van der Waals surface area contributed by atoms with E-state index >= 15 is 0 Å². The normalized spacial score (nSPS) is 16.5. The standard InChI is InChI=1S/C25H27NO/c1-19-8-11-24(12-9-19)26-15-14-23-17-25(13-10-22(23)16-20(26)2)27-18-21-6-4-3-5-7-21/h3-13,17,20H,14-16,18H2,1-2H3/t20-/m1/s1. The van der Waals surface area contributed by atoms with E-state index in [-0.39, 0.29) is 0 Å². The zero-order valence-electron chi connectivity index (χ0n) is 16.2. The molecule has 138 valence electrons. The summed E-state index contributed by atoms with van der Waals surface area (Å²) < 4.78 is 6.04. The van der Waals surface area contributed by atoms with Gasteiger partial charge in [0.25, 0.3) is 0 Å². The van der Waals surface area contributed by atoms with Crippen molar-refractivity contribution < 1.29 is 4.74 Å². The summed E-state index contributed by atoms with van der Waals surface area (Å²) in [4.78, 5) is 2.53. The molecule has 0 bridgehead atoms. The summed E-state index contributed by atoms with van der Waals surface area (Å²) in [6.07, 6.45) is 2.12. The number of hydrogen-bond donors (Lipinski definition) is 0. The molecule has 4 rings (SSSR count). The first-order chi connectivity index (χ1) is 13.2. The highest BCUT2D eigenvalue weighted by atomic mass is 16.5. The van der Waals surface area contributed by atoms with E-state index in [0.717, 1.165) is 25.1 Å². The number of rotatable bonds is 4. The van der Waals surface area contributed by atoms with Crippen molar-refractivity contribution in [1.29, 1.82) is 0 Å². The summed E-state index contributed by atoms with van der Waals surface area (Å²) in [5, 5.41) is 0. The Morgan fingerprint density at radius 1 is 0.926 bits per heavy atom. The van der Waals surface area contributed by atoms with Gasteiger partial charge < -0.3 is 9.64 Å². The summed E-state index contributed by atoms with van der Waals surface area (Å²) >= 11 is 0. The fourth-order valence-corrected chi connectivity index (χ4v) is 3.87. The zero-order chi connectivity index (χ0) is 18.6. The van der Waals surface area contributed by atoms with E-state index in [1.807, 2.05) is 6.07 Å². The number of aryl methyl sites for hydroxylation is 1. The summed E-state index contributed by atoms with van der Waals surface area (Å²) in [5.41, 5.74) is 6.70. The zero-order valence-corrected chi connectivity index (χ0v) is 16.2. The summed E-state index contributed by atoms with van der Waals surface area (Å²) in [6, 6.07) is 26.3. The maximum Gasteiger partial charge on any atom is 0.120 e. The lowest BCUT2D eigenvalue weighted by Gasteiger charge is -2.29. The van der Waals surface area contributed by atoms with Gasteiger partial charge in [0, 0.05) is 18.3 Å². The molecule has 0 spiro atoms. The third-order valence-corrected chi connectivity index (χ3v) is 5.46. The third kappa shape index (κ3) is 4.16. The molecule has 0 saturated heterocycles. The van der Waals surface area contributed by atoms with Gasteiger partial charge in [-0.15, -0.1) is 0 Å². The molecule has 0 unspecified atom stereocenters. The number of nitrogens with zero attached hydrogens (tertiary/aromatic N) is 1. The predicted molar refractivity (Wildman–Crippen MR) is 113 cm³/mol. The Bertz CT molecular complexity index is 886. The minimum Gasteiger partial charge on any atom is -0.489 e. The molecule has 1 heterocycles. The lowest BCUT2D eigenvalue weighted by Crippen LogP contribution is -2.34. The predicted octanol–water partition coefficient (Wildman–Crippen LogP) is 5.57. The Kier molecular flexibility index (Phi) is 5.15. The Balaban J connectivity index is 1.48. The van der Waals surface area contributed by atoms with Gasteiger partial charge in [-0.05, 0) is 67.6 Å². The van der Waals surface area contributed by atoms with Gasteiger partial charge in [0.2, 0.25) is 0 Å². The van der Waals surface area contributed by atoms with Crippen LogP contribution in [0.15, 0.2) is 72.8 Å². The number of benzene rings is 3. The van der Waals surface area contributed by atoms with Crippen LogP contribution in [0.1, 0.15) is 29.2 Å². The van der Waals surface area contributed by atoms with Crippen LogP contribution in [-0.4, -0.2) is 12.6 Å². The number of hydrogen-bond acceptors (Lipinski definition) is 2. The molecule has 0 N–H and O–H groups in total. The number of fused-ring (bicyclic) bond motifs is 1. The van der Waals surface area contributed by atoms with Gasteiger partial charge in [0.1, 0.15) is 12.4 Å². The van der Waals surface area contributed by atoms with Crippen molar-refractivity contribution in [1.82, 2.24) is 0 Å². The Labute approximate surface area is 162 Å². The summed E-state index contributed by atoms with van der Waals surface area (Å²) in [6.45, 7) is 6.13. The average molecular weight is 357 g/mol. The molecule has 27 heavy (non-hydrogen) atoms. The molecular formula is C25H27NO. The van der Waals surface area contributed by atoms with Gasteiger partial charge in [-0.2, -0.15) is 0 Å². The first-order valence-corrected chi connectivity index (χ1v) is 9.81. The molecule has 1 aliphatic rings. The van der Waals surface area contributed by atoms with E-state index in [0.29, 0.717) is 12.6 Å². The van der Waals surface area contributed by atoms with E-state index in [4.69, 9.17) is 4.74 Å². The lowest BCUT2D eigenvalue weighted by molar-refractivity contribution is 0.306. The van der Waals surface area contributed by atoms with Crippen LogP contribution in [0, 0.1) is 6.92 Å². The molecule has 1 atom stereocenters.